The topological polar surface area (TPSA) is 99.6 Å². The lowest BCUT2D eigenvalue weighted by atomic mass is 9.99. The molecule has 1 fully saturated rings. The maximum Gasteiger partial charge on any atom is 0.337 e. The standard InChI is InChI=1S/C22H25N3O4/c1-13-5-4-10-25(12-13)21(27)16-6-8-18(14(2)11-16)24-20(26)19-9-7-17(22(28)29)15(3)23-19/h6-9,11,13H,4-5,10,12H2,1-3H3,(H,24,26)(H,28,29). The smallest absolute Gasteiger partial charge is 0.337 e. The van der Waals surface area contributed by atoms with Crippen LogP contribution in [0.25, 0.3) is 0 Å². The molecular weight excluding hydrogens is 370 g/mol. The van der Waals surface area contributed by atoms with Crippen molar-refractivity contribution in [2.45, 2.75) is 33.6 Å². The highest BCUT2D eigenvalue weighted by Gasteiger charge is 2.22. The quantitative estimate of drug-likeness (QED) is 0.825. The predicted molar refractivity (Wildman–Crippen MR) is 109 cm³/mol. The van der Waals surface area contributed by atoms with E-state index >= 15 is 0 Å². The van der Waals surface area contributed by atoms with Gasteiger partial charge in [-0.05, 0) is 68.5 Å². The third-order valence-electron chi connectivity index (χ3n) is 5.21. The van der Waals surface area contributed by atoms with Crippen LogP contribution in [0.1, 0.15) is 62.2 Å². The fourth-order valence-electron chi connectivity index (χ4n) is 3.59. The average Bonchev–Trinajstić information content (AvgIpc) is 2.68. The van der Waals surface area contributed by atoms with E-state index < -0.39 is 11.9 Å². The molecule has 1 aromatic carbocycles. The van der Waals surface area contributed by atoms with Crippen LogP contribution >= 0.6 is 0 Å². The van der Waals surface area contributed by atoms with Crippen molar-refractivity contribution in [2.75, 3.05) is 18.4 Å². The number of carbonyl (C=O) groups excluding carboxylic acids is 2. The van der Waals surface area contributed by atoms with Gasteiger partial charge < -0.3 is 15.3 Å². The lowest BCUT2D eigenvalue weighted by molar-refractivity contribution is 0.0678. The van der Waals surface area contributed by atoms with Crippen molar-refractivity contribution in [3.05, 3.63) is 58.4 Å². The van der Waals surface area contributed by atoms with Gasteiger partial charge in [-0.25, -0.2) is 9.78 Å². The number of hydrogen-bond acceptors (Lipinski definition) is 4. The Morgan fingerprint density at radius 3 is 2.55 bits per heavy atom. The fraction of sp³-hybridized carbons (Fsp3) is 0.364. The summed E-state index contributed by atoms with van der Waals surface area (Å²) < 4.78 is 0. The summed E-state index contributed by atoms with van der Waals surface area (Å²) in [6.07, 6.45) is 2.17. The van der Waals surface area contributed by atoms with E-state index in [9.17, 15) is 14.4 Å². The zero-order valence-corrected chi connectivity index (χ0v) is 16.9. The first-order chi connectivity index (χ1) is 13.8. The Kier molecular flexibility index (Phi) is 5.96. The number of rotatable bonds is 4. The predicted octanol–water partition coefficient (Wildman–Crippen LogP) is 3.52. The molecule has 2 aromatic rings. The fourth-order valence-corrected chi connectivity index (χ4v) is 3.59. The molecule has 0 saturated carbocycles. The van der Waals surface area contributed by atoms with Gasteiger partial charge >= 0.3 is 5.97 Å². The second-order valence-electron chi connectivity index (χ2n) is 7.62. The molecule has 2 amide bonds. The third-order valence-corrected chi connectivity index (χ3v) is 5.21. The molecule has 152 valence electrons. The van der Waals surface area contributed by atoms with Crippen LogP contribution in [0.15, 0.2) is 30.3 Å². The molecule has 1 aromatic heterocycles. The molecule has 1 unspecified atom stereocenters. The number of hydrogen-bond donors (Lipinski definition) is 2. The molecule has 2 N–H and O–H groups in total. The van der Waals surface area contributed by atoms with Crippen LogP contribution in [-0.4, -0.2) is 45.9 Å². The number of carboxylic acid groups (broad SMARTS) is 1. The Labute approximate surface area is 169 Å². The van der Waals surface area contributed by atoms with Gasteiger partial charge in [0.15, 0.2) is 0 Å². The monoisotopic (exact) mass is 395 g/mol. The first-order valence-electron chi connectivity index (χ1n) is 9.68. The van der Waals surface area contributed by atoms with Crippen LogP contribution in [0.3, 0.4) is 0 Å². The summed E-state index contributed by atoms with van der Waals surface area (Å²) in [5, 5.41) is 11.9. The number of piperidine rings is 1. The molecule has 3 rings (SSSR count). The molecule has 0 spiro atoms. The van der Waals surface area contributed by atoms with Crippen LogP contribution in [0, 0.1) is 19.8 Å². The van der Waals surface area contributed by atoms with Crippen LogP contribution in [0.4, 0.5) is 5.69 Å². The Morgan fingerprint density at radius 2 is 1.93 bits per heavy atom. The minimum Gasteiger partial charge on any atom is -0.478 e. The molecule has 1 saturated heterocycles. The third kappa shape index (κ3) is 4.62. The van der Waals surface area contributed by atoms with E-state index in [1.54, 1.807) is 25.1 Å². The number of aromatic carboxylic acids is 1. The van der Waals surface area contributed by atoms with Crippen LogP contribution in [0.5, 0.6) is 0 Å². The Morgan fingerprint density at radius 1 is 1.17 bits per heavy atom. The SMILES string of the molecule is Cc1cc(C(=O)N2CCCC(C)C2)ccc1NC(=O)c1ccc(C(=O)O)c(C)n1. The summed E-state index contributed by atoms with van der Waals surface area (Å²) in [6, 6.07) is 7.97. The van der Waals surface area contributed by atoms with Gasteiger partial charge in [0.1, 0.15) is 5.69 Å². The Hall–Kier alpha value is -3.22. The number of carboxylic acids is 1. The number of anilines is 1. The Balaban J connectivity index is 1.73. The second-order valence-corrected chi connectivity index (χ2v) is 7.62. The van der Waals surface area contributed by atoms with Crippen molar-refractivity contribution in [1.82, 2.24) is 9.88 Å². The van der Waals surface area contributed by atoms with Crippen molar-refractivity contribution in [2.24, 2.45) is 5.92 Å². The van der Waals surface area contributed by atoms with E-state index in [0.29, 0.717) is 17.2 Å². The zero-order valence-electron chi connectivity index (χ0n) is 16.9. The number of nitrogens with one attached hydrogen (secondary N) is 1. The number of benzene rings is 1. The second kappa shape index (κ2) is 8.43. The molecule has 1 aliphatic heterocycles. The van der Waals surface area contributed by atoms with Gasteiger partial charge in [0.25, 0.3) is 11.8 Å². The summed E-state index contributed by atoms with van der Waals surface area (Å²) in [7, 11) is 0. The van der Waals surface area contributed by atoms with E-state index in [2.05, 4.69) is 17.2 Å². The van der Waals surface area contributed by atoms with Gasteiger partial charge in [-0.2, -0.15) is 0 Å². The van der Waals surface area contributed by atoms with Gasteiger partial charge in [-0.15, -0.1) is 0 Å². The highest BCUT2D eigenvalue weighted by Crippen LogP contribution is 2.22. The van der Waals surface area contributed by atoms with Crippen molar-refractivity contribution < 1.29 is 19.5 Å². The molecule has 7 heteroatoms. The summed E-state index contributed by atoms with van der Waals surface area (Å²) in [5.74, 6) is -0.992. The molecule has 2 heterocycles. The number of carbonyl (C=O) groups is 3. The van der Waals surface area contributed by atoms with E-state index in [1.807, 2.05) is 11.8 Å². The normalized spacial score (nSPS) is 16.4. The van der Waals surface area contributed by atoms with Crippen molar-refractivity contribution in [3.63, 3.8) is 0 Å². The molecule has 7 nitrogen and oxygen atoms in total. The van der Waals surface area contributed by atoms with Crippen molar-refractivity contribution in [3.8, 4) is 0 Å². The number of aryl methyl sites for hydroxylation is 2. The number of pyridine rings is 1. The van der Waals surface area contributed by atoms with E-state index in [4.69, 9.17) is 5.11 Å². The molecular formula is C22H25N3O4. The lowest BCUT2D eigenvalue weighted by Gasteiger charge is -2.31. The minimum absolute atomic E-state index is 0.0130. The first-order valence-corrected chi connectivity index (χ1v) is 9.68. The zero-order chi connectivity index (χ0) is 21.1. The molecule has 0 radical (unpaired) electrons. The van der Waals surface area contributed by atoms with Gasteiger partial charge in [0.2, 0.25) is 0 Å². The molecule has 29 heavy (non-hydrogen) atoms. The summed E-state index contributed by atoms with van der Waals surface area (Å²) >= 11 is 0. The number of aromatic nitrogens is 1. The maximum absolute atomic E-state index is 12.8. The molecule has 1 aliphatic rings. The first kappa shape index (κ1) is 20.5. The van der Waals surface area contributed by atoms with Crippen LogP contribution in [0.2, 0.25) is 0 Å². The van der Waals surface area contributed by atoms with E-state index in [1.165, 1.54) is 12.1 Å². The Bertz CT molecular complexity index is 971. The lowest BCUT2D eigenvalue weighted by Crippen LogP contribution is -2.39. The van der Waals surface area contributed by atoms with E-state index in [0.717, 1.165) is 31.5 Å². The van der Waals surface area contributed by atoms with Crippen LogP contribution in [-0.2, 0) is 0 Å². The van der Waals surface area contributed by atoms with Crippen molar-refractivity contribution >= 4 is 23.5 Å². The summed E-state index contributed by atoms with van der Waals surface area (Å²) in [4.78, 5) is 42.3. The van der Waals surface area contributed by atoms with Gasteiger partial charge in [-0.3, -0.25) is 9.59 Å². The van der Waals surface area contributed by atoms with Crippen molar-refractivity contribution in [1.29, 1.82) is 0 Å². The number of nitrogens with zero attached hydrogens (tertiary/aromatic N) is 2. The highest BCUT2D eigenvalue weighted by molar-refractivity contribution is 6.04. The number of likely N-dealkylation sites (tertiary alicyclic amines) is 1. The van der Waals surface area contributed by atoms with Gasteiger partial charge in [0.05, 0.1) is 11.3 Å². The average molecular weight is 395 g/mol. The maximum atomic E-state index is 12.8. The molecule has 0 bridgehead atoms. The summed E-state index contributed by atoms with van der Waals surface area (Å²) in [5.41, 5.74) is 2.43. The van der Waals surface area contributed by atoms with Gasteiger partial charge in [0, 0.05) is 24.3 Å². The minimum atomic E-state index is -1.08. The number of amides is 2. The molecule has 1 atom stereocenters. The van der Waals surface area contributed by atoms with E-state index in [-0.39, 0.29) is 22.9 Å². The summed E-state index contributed by atoms with van der Waals surface area (Å²) in [6.45, 7) is 7.08. The van der Waals surface area contributed by atoms with Crippen LogP contribution < -0.4 is 5.32 Å². The van der Waals surface area contributed by atoms with Gasteiger partial charge in [-0.1, -0.05) is 6.92 Å². The highest BCUT2D eigenvalue weighted by atomic mass is 16.4. The largest absolute Gasteiger partial charge is 0.478 e. The molecule has 0 aliphatic carbocycles.